The zero-order valence-electron chi connectivity index (χ0n) is 17.4. The van der Waals surface area contributed by atoms with E-state index in [-0.39, 0.29) is 35.4 Å². The molecule has 0 radical (unpaired) electrons. The van der Waals surface area contributed by atoms with E-state index in [1.54, 1.807) is 13.1 Å². The predicted octanol–water partition coefficient (Wildman–Crippen LogP) is 3.01. The Morgan fingerprint density at radius 1 is 1.13 bits per heavy atom. The Labute approximate surface area is 179 Å². The normalized spacial score (nSPS) is 10.6. The van der Waals surface area contributed by atoms with Crippen molar-refractivity contribution in [1.82, 2.24) is 9.88 Å². The Hall–Kier alpha value is -3.85. The van der Waals surface area contributed by atoms with Crippen LogP contribution in [0.1, 0.15) is 22.8 Å². The Morgan fingerprint density at radius 2 is 1.81 bits per heavy atom. The summed E-state index contributed by atoms with van der Waals surface area (Å²) in [5, 5.41) is 0. The minimum absolute atomic E-state index is 0.0543. The van der Waals surface area contributed by atoms with Gasteiger partial charge in [-0.15, -0.1) is 0 Å². The van der Waals surface area contributed by atoms with Crippen molar-refractivity contribution in [3.05, 3.63) is 65.5 Å². The Bertz CT molecular complexity index is 1090. The van der Waals surface area contributed by atoms with E-state index in [0.29, 0.717) is 17.9 Å². The molecule has 3 rings (SSSR count). The Morgan fingerprint density at radius 3 is 2.42 bits per heavy atom. The van der Waals surface area contributed by atoms with Crippen molar-refractivity contribution in [2.75, 3.05) is 30.5 Å². The summed E-state index contributed by atoms with van der Waals surface area (Å²) < 4.78 is 20.2. The quantitative estimate of drug-likeness (QED) is 0.338. The second kappa shape index (κ2) is 9.31. The number of carbonyl (C=O) groups excluding carboxylic acids is 1. The number of nitrogens with one attached hydrogen (secondary N) is 1. The standard InChI is InChI=1S/C22H25FN6O2/c1-3-29(2)22(30)16-9-8-15(10-17(16)23)14-6-4-13(5-7-14)12-31-18-11-19(24)27-21(28-26)20(18)25/h4-11H,3,12,25-26H2,1-2H3,(H3,24,27,28). The highest BCUT2D eigenvalue weighted by Gasteiger charge is 2.16. The number of hydrogen-bond donors (Lipinski definition) is 4. The van der Waals surface area contributed by atoms with Gasteiger partial charge >= 0.3 is 0 Å². The number of halogens is 1. The van der Waals surface area contributed by atoms with Crippen LogP contribution in [0.2, 0.25) is 0 Å². The number of amides is 1. The van der Waals surface area contributed by atoms with Gasteiger partial charge in [-0.25, -0.2) is 15.2 Å². The lowest BCUT2D eigenvalue weighted by Crippen LogP contribution is -2.27. The molecule has 0 atom stereocenters. The van der Waals surface area contributed by atoms with Crippen LogP contribution in [-0.4, -0.2) is 29.4 Å². The molecular weight excluding hydrogens is 399 g/mol. The van der Waals surface area contributed by atoms with E-state index in [2.05, 4.69) is 10.4 Å². The summed E-state index contributed by atoms with van der Waals surface area (Å²) in [5.74, 6) is 5.30. The van der Waals surface area contributed by atoms with Gasteiger partial charge in [0.05, 0.1) is 5.56 Å². The van der Waals surface area contributed by atoms with Gasteiger partial charge in [0.2, 0.25) is 0 Å². The van der Waals surface area contributed by atoms with E-state index in [0.717, 1.165) is 11.1 Å². The molecule has 8 nitrogen and oxygen atoms in total. The second-order valence-corrected chi connectivity index (χ2v) is 6.95. The molecule has 3 aromatic rings. The van der Waals surface area contributed by atoms with Crippen LogP contribution >= 0.6 is 0 Å². The van der Waals surface area contributed by atoms with Crippen LogP contribution < -0.4 is 27.5 Å². The molecule has 0 saturated heterocycles. The van der Waals surface area contributed by atoms with Crippen molar-refractivity contribution in [2.24, 2.45) is 5.84 Å². The van der Waals surface area contributed by atoms with Crippen LogP contribution in [0.25, 0.3) is 11.1 Å². The van der Waals surface area contributed by atoms with Crippen LogP contribution in [-0.2, 0) is 6.61 Å². The van der Waals surface area contributed by atoms with Gasteiger partial charge in [0.25, 0.3) is 5.91 Å². The molecule has 1 heterocycles. The minimum Gasteiger partial charge on any atom is -0.486 e. The van der Waals surface area contributed by atoms with Crippen LogP contribution in [0.5, 0.6) is 5.75 Å². The third-order valence-electron chi connectivity index (χ3n) is 4.88. The molecular formula is C22H25FN6O2. The third kappa shape index (κ3) is 4.84. The summed E-state index contributed by atoms with van der Waals surface area (Å²) in [7, 11) is 1.64. The monoisotopic (exact) mass is 424 g/mol. The number of aromatic nitrogens is 1. The highest BCUT2D eigenvalue weighted by Crippen LogP contribution is 2.30. The second-order valence-electron chi connectivity index (χ2n) is 6.95. The SMILES string of the molecule is CCN(C)C(=O)c1ccc(-c2ccc(COc3cc(N)nc(NN)c3N)cc2)cc1F. The van der Waals surface area contributed by atoms with Gasteiger partial charge in [0.1, 0.15) is 29.7 Å². The summed E-state index contributed by atoms with van der Waals surface area (Å²) in [5.41, 5.74) is 16.7. The molecule has 2 aromatic carbocycles. The first-order chi connectivity index (χ1) is 14.8. The van der Waals surface area contributed by atoms with Gasteiger partial charge in [0.15, 0.2) is 5.82 Å². The molecule has 31 heavy (non-hydrogen) atoms. The number of ether oxygens (including phenoxy) is 1. The van der Waals surface area contributed by atoms with Crippen molar-refractivity contribution in [3.63, 3.8) is 0 Å². The summed E-state index contributed by atoms with van der Waals surface area (Å²) in [6, 6.07) is 13.5. The zero-order valence-corrected chi connectivity index (χ0v) is 17.4. The van der Waals surface area contributed by atoms with E-state index >= 15 is 0 Å². The highest BCUT2D eigenvalue weighted by molar-refractivity contribution is 5.94. The highest BCUT2D eigenvalue weighted by atomic mass is 19.1. The maximum absolute atomic E-state index is 14.5. The predicted molar refractivity (Wildman–Crippen MR) is 120 cm³/mol. The van der Waals surface area contributed by atoms with E-state index in [1.165, 1.54) is 23.1 Å². The molecule has 0 bridgehead atoms. The fraction of sp³-hybridized carbons (Fsp3) is 0.182. The summed E-state index contributed by atoms with van der Waals surface area (Å²) in [4.78, 5) is 17.6. The first-order valence-electron chi connectivity index (χ1n) is 9.63. The molecule has 9 heteroatoms. The zero-order chi connectivity index (χ0) is 22.5. The van der Waals surface area contributed by atoms with Crippen LogP contribution in [0.3, 0.4) is 0 Å². The fourth-order valence-corrected chi connectivity index (χ4v) is 2.95. The van der Waals surface area contributed by atoms with E-state index < -0.39 is 5.82 Å². The smallest absolute Gasteiger partial charge is 0.256 e. The number of rotatable bonds is 7. The number of carbonyl (C=O) groups is 1. The molecule has 1 aromatic heterocycles. The van der Waals surface area contributed by atoms with Gasteiger partial charge in [-0.1, -0.05) is 30.3 Å². The van der Waals surface area contributed by atoms with E-state index in [1.807, 2.05) is 31.2 Å². The maximum atomic E-state index is 14.5. The van der Waals surface area contributed by atoms with Crippen molar-refractivity contribution < 1.29 is 13.9 Å². The largest absolute Gasteiger partial charge is 0.486 e. The first-order valence-corrected chi connectivity index (χ1v) is 9.63. The van der Waals surface area contributed by atoms with Gasteiger partial charge in [0, 0.05) is 19.7 Å². The van der Waals surface area contributed by atoms with Gasteiger partial charge in [-0.05, 0) is 35.7 Å². The van der Waals surface area contributed by atoms with Crippen LogP contribution in [0, 0.1) is 5.82 Å². The van der Waals surface area contributed by atoms with Crippen molar-refractivity contribution in [1.29, 1.82) is 0 Å². The van der Waals surface area contributed by atoms with Crippen LogP contribution in [0.4, 0.5) is 21.7 Å². The number of nitrogens with two attached hydrogens (primary N) is 3. The molecule has 0 unspecified atom stereocenters. The molecule has 162 valence electrons. The molecule has 1 amide bonds. The van der Waals surface area contributed by atoms with Crippen molar-refractivity contribution in [2.45, 2.75) is 13.5 Å². The van der Waals surface area contributed by atoms with Gasteiger partial charge in [-0.3, -0.25) is 4.79 Å². The Kier molecular flexibility index (Phi) is 6.56. The maximum Gasteiger partial charge on any atom is 0.256 e. The number of nitrogen functional groups attached to an aromatic ring is 3. The summed E-state index contributed by atoms with van der Waals surface area (Å²) >= 11 is 0. The number of benzene rings is 2. The molecule has 0 aliphatic heterocycles. The average molecular weight is 424 g/mol. The lowest BCUT2D eigenvalue weighted by atomic mass is 10.0. The first kappa shape index (κ1) is 21.8. The topological polar surface area (TPSA) is 133 Å². The number of anilines is 3. The Balaban J connectivity index is 1.73. The number of hydrogen-bond acceptors (Lipinski definition) is 7. The van der Waals surface area contributed by atoms with E-state index in [4.69, 9.17) is 22.0 Å². The van der Waals surface area contributed by atoms with Crippen molar-refractivity contribution in [3.8, 4) is 16.9 Å². The molecule has 7 N–H and O–H groups in total. The number of nitrogens with zero attached hydrogens (tertiary/aromatic N) is 2. The van der Waals surface area contributed by atoms with Gasteiger partial charge < -0.3 is 26.5 Å². The lowest BCUT2D eigenvalue weighted by molar-refractivity contribution is 0.0798. The fourth-order valence-electron chi connectivity index (χ4n) is 2.95. The summed E-state index contributed by atoms with van der Waals surface area (Å²) in [6.07, 6.45) is 0. The summed E-state index contributed by atoms with van der Waals surface area (Å²) in [6.45, 7) is 2.58. The van der Waals surface area contributed by atoms with Crippen LogP contribution in [0.15, 0.2) is 48.5 Å². The van der Waals surface area contributed by atoms with Crippen molar-refractivity contribution >= 4 is 23.2 Å². The molecule has 0 saturated carbocycles. The number of hydrazine groups is 1. The molecule has 0 aliphatic rings. The lowest BCUT2D eigenvalue weighted by Gasteiger charge is -2.15. The third-order valence-corrected chi connectivity index (χ3v) is 4.88. The average Bonchev–Trinajstić information content (AvgIpc) is 2.78. The molecule has 0 spiro atoms. The molecule has 0 fully saturated rings. The number of pyridine rings is 1. The van der Waals surface area contributed by atoms with E-state index in [9.17, 15) is 9.18 Å². The minimum atomic E-state index is -0.551. The molecule has 0 aliphatic carbocycles. The van der Waals surface area contributed by atoms with Gasteiger partial charge in [-0.2, -0.15) is 0 Å².